The smallest absolute Gasteiger partial charge is 0.303 e. The molecule has 1 N–H and O–H groups in total. The Bertz CT molecular complexity index is 582. The molecule has 0 saturated heterocycles. The van der Waals surface area contributed by atoms with E-state index < -0.39 is 5.60 Å². The highest BCUT2D eigenvalue weighted by Crippen LogP contribution is 2.65. The fourth-order valence-electron chi connectivity index (χ4n) is 7.29. The molecule has 25 heavy (non-hydrogen) atoms. The van der Waals surface area contributed by atoms with Gasteiger partial charge in [0.2, 0.25) is 0 Å². The molecule has 0 aromatic carbocycles. The van der Waals surface area contributed by atoms with Crippen molar-refractivity contribution in [1.29, 1.82) is 0 Å². The zero-order valence-electron chi connectivity index (χ0n) is 16.1. The van der Waals surface area contributed by atoms with Crippen LogP contribution < -0.4 is 0 Å². The lowest BCUT2D eigenvalue weighted by Gasteiger charge is -2.56. The Kier molecular flexibility index (Phi) is 4.30. The van der Waals surface area contributed by atoms with Crippen molar-refractivity contribution in [3.63, 3.8) is 0 Å². The van der Waals surface area contributed by atoms with Crippen LogP contribution in [0.2, 0.25) is 0 Å². The molecule has 3 nitrogen and oxygen atoms in total. The normalized spacial score (nSPS) is 48.8. The van der Waals surface area contributed by atoms with Crippen LogP contribution in [-0.4, -0.2) is 22.8 Å². The van der Waals surface area contributed by atoms with Gasteiger partial charge in [-0.25, -0.2) is 0 Å². The third-order valence-electron chi connectivity index (χ3n) is 8.64. The number of fused-ring (bicyclic) bond motifs is 5. The Balaban J connectivity index is 1.55. The van der Waals surface area contributed by atoms with E-state index in [4.69, 9.17) is 4.74 Å². The molecule has 4 aliphatic carbocycles. The molecule has 0 heterocycles. The highest BCUT2D eigenvalue weighted by atomic mass is 16.5. The van der Waals surface area contributed by atoms with Gasteiger partial charge < -0.3 is 9.84 Å². The van der Waals surface area contributed by atoms with Gasteiger partial charge in [-0.05, 0) is 93.0 Å². The second kappa shape index (κ2) is 6.11. The number of rotatable bonds is 2. The van der Waals surface area contributed by atoms with Gasteiger partial charge in [-0.3, -0.25) is 4.79 Å². The van der Waals surface area contributed by atoms with Gasteiger partial charge in [0.05, 0.1) is 5.60 Å². The molecular weight excluding hydrogens is 312 g/mol. The molecule has 0 radical (unpaired) electrons. The van der Waals surface area contributed by atoms with Gasteiger partial charge in [-0.1, -0.05) is 19.4 Å². The Hall–Kier alpha value is -0.830. The number of esters is 1. The molecule has 3 saturated carbocycles. The Morgan fingerprint density at radius 1 is 1.20 bits per heavy atom. The molecule has 0 aromatic heterocycles. The number of hydrogen-bond acceptors (Lipinski definition) is 3. The van der Waals surface area contributed by atoms with Crippen LogP contribution in [0.3, 0.4) is 0 Å². The third kappa shape index (κ3) is 2.60. The van der Waals surface area contributed by atoms with Crippen LogP contribution in [0.1, 0.15) is 78.6 Å². The van der Waals surface area contributed by atoms with Crippen molar-refractivity contribution in [1.82, 2.24) is 0 Å². The third-order valence-corrected chi connectivity index (χ3v) is 8.64. The van der Waals surface area contributed by atoms with Crippen molar-refractivity contribution in [2.24, 2.45) is 29.1 Å². The molecule has 4 rings (SSSR count). The van der Waals surface area contributed by atoms with Crippen LogP contribution in [0.4, 0.5) is 0 Å². The SMILES string of the molecule is CCC1(O)CC[C@H]2[C@@H]3CCC4=C[C@@H](OC(C)=O)CC[C@@H]4[C@H]3CC[C@@]21C. The highest BCUT2D eigenvalue weighted by molar-refractivity contribution is 5.66. The largest absolute Gasteiger partial charge is 0.458 e. The summed E-state index contributed by atoms with van der Waals surface area (Å²) in [6.07, 6.45) is 12.4. The van der Waals surface area contributed by atoms with Gasteiger partial charge in [0.25, 0.3) is 0 Å². The van der Waals surface area contributed by atoms with Crippen LogP contribution >= 0.6 is 0 Å². The minimum atomic E-state index is -0.439. The zero-order chi connectivity index (χ0) is 17.8. The topological polar surface area (TPSA) is 46.5 Å². The molecular formula is C22H34O3. The van der Waals surface area contributed by atoms with E-state index >= 15 is 0 Å². The van der Waals surface area contributed by atoms with E-state index in [1.807, 2.05) is 0 Å². The molecule has 7 atom stereocenters. The summed E-state index contributed by atoms with van der Waals surface area (Å²) in [6.45, 7) is 6.06. The standard InChI is InChI=1S/C22H34O3/c1-4-22(24)12-10-20-19-7-5-15-13-16(25-14(2)23)6-8-17(15)18(19)9-11-21(20,22)3/h13,16-20,24H,4-12H2,1-3H3/t16-,17-,18+,19+,20-,21-,22?/m0/s1. The van der Waals surface area contributed by atoms with E-state index in [-0.39, 0.29) is 17.5 Å². The summed E-state index contributed by atoms with van der Waals surface area (Å²) < 4.78 is 5.46. The molecule has 0 aliphatic heterocycles. The molecule has 140 valence electrons. The predicted molar refractivity (Wildman–Crippen MR) is 97.9 cm³/mol. The lowest BCUT2D eigenvalue weighted by Crippen LogP contribution is -2.52. The number of hydrogen-bond donors (Lipinski definition) is 1. The first-order valence-corrected chi connectivity index (χ1v) is 10.5. The molecule has 0 aromatic rings. The second-order valence-electron chi connectivity index (χ2n) is 9.43. The molecule has 3 heteroatoms. The summed E-state index contributed by atoms with van der Waals surface area (Å²) in [5.41, 5.74) is 1.25. The van der Waals surface area contributed by atoms with E-state index in [2.05, 4.69) is 19.9 Å². The monoisotopic (exact) mass is 346 g/mol. The number of allylic oxidation sites excluding steroid dienone is 1. The Morgan fingerprint density at radius 2 is 2.00 bits per heavy atom. The van der Waals surface area contributed by atoms with Crippen molar-refractivity contribution < 1.29 is 14.6 Å². The average molecular weight is 347 g/mol. The van der Waals surface area contributed by atoms with Crippen molar-refractivity contribution in [3.05, 3.63) is 11.6 Å². The first-order chi connectivity index (χ1) is 11.9. The van der Waals surface area contributed by atoms with E-state index in [1.165, 1.54) is 45.4 Å². The van der Waals surface area contributed by atoms with E-state index in [0.29, 0.717) is 11.8 Å². The number of carbonyl (C=O) groups is 1. The molecule has 3 fully saturated rings. The molecule has 4 aliphatic rings. The minimum Gasteiger partial charge on any atom is -0.458 e. The first-order valence-electron chi connectivity index (χ1n) is 10.5. The van der Waals surface area contributed by atoms with E-state index in [0.717, 1.165) is 31.1 Å². The summed E-state index contributed by atoms with van der Waals surface area (Å²) in [7, 11) is 0. The number of ether oxygens (including phenoxy) is 1. The quantitative estimate of drug-likeness (QED) is 0.585. The molecule has 1 unspecified atom stereocenters. The zero-order valence-corrected chi connectivity index (χ0v) is 16.1. The second-order valence-corrected chi connectivity index (χ2v) is 9.43. The van der Waals surface area contributed by atoms with Gasteiger partial charge in [0.15, 0.2) is 0 Å². The van der Waals surface area contributed by atoms with Crippen molar-refractivity contribution in [2.45, 2.75) is 90.3 Å². The maximum atomic E-state index is 11.3. The van der Waals surface area contributed by atoms with Crippen LogP contribution in [-0.2, 0) is 9.53 Å². The van der Waals surface area contributed by atoms with Crippen molar-refractivity contribution >= 4 is 5.97 Å². The number of carbonyl (C=O) groups excluding carboxylic acids is 1. The number of aliphatic hydroxyl groups is 1. The summed E-state index contributed by atoms with van der Waals surface area (Å²) >= 11 is 0. The Labute approximate surface area is 152 Å². The van der Waals surface area contributed by atoms with Gasteiger partial charge in [0, 0.05) is 6.92 Å². The first kappa shape index (κ1) is 17.6. The van der Waals surface area contributed by atoms with Gasteiger partial charge in [-0.15, -0.1) is 0 Å². The van der Waals surface area contributed by atoms with Crippen LogP contribution in [0, 0.1) is 29.1 Å². The van der Waals surface area contributed by atoms with Gasteiger partial charge in [-0.2, -0.15) is 0 Å². The molecule has 0 bridgehead atoms. The highest BCUT2D eigenvalue weighted by Gasteiger charge is 2.61. The summed E-state index contributed by atoms with van der Waals surface area (Å²) in [5, 5.41) is 11.2. The average Bonchev–Trinajstić information content (AvgIpc) is 2.86. The fourth-order valence-corrected chi connectivity index (χ4v) is 7.29. The fraction of sp³-hybridized carbons (Fsp3) is 0.864. The van der Waals surface area contributed by atoms with Crippen LogP contribution in [0.5, 0.6) is 0 Å². The minimum absolute atomic E-state index is 0.00539. The van der Waals surface area contributed by atoms with Crippen molar-refractivity contribution in [3.8, 4) is 0 Å². The van der Waals surface area contributed by atoms with Crippen molar-refractivity contribution in [2.75, 3.05) is 0 Å². The summed E-state index contributed by atoms with van der Waals surface area (Å²) in [6, 6.07) is 0. The van der Waals surface area contributed by atoms with Gasteiger partial charge in [0.1, 0.15) is 6.10 Å². The lowest BCUT2D eigenvalue weighted by molar-refractivity contribution is -0.145. The maximum absolute atomic E-state index is 11.3. The molecule has 0 amide bonds. The van der Waals surface area contributed by atoms with Crippen LogP contribution in [0.15, 0.2) is 11.6 Å². The van der Waals surface area contributed by atoms with E-state index in [9.17, 15) is 9.90 Å². The lowest BCUT2D eigenvalue weighted by atomic mass is 9.50. The maximum Gasteiger partial charge on any atom is 0.303 e. The van der Waals surface area contributed by atoms with E-state index in [1.54, 1.807) is 5.57 Å². The predicted octanol–water partition coefficient (Wildman–Crippen LogP) is 4.63. The van der Waals surface area contributed by atoms with Gasteiger partial charge >= 0.3 is 5.97 Å². The molecule has 0 spiro atoms. The summed E-state index contributed by atoms with van der Waals surface area (Å²) in [5.74, 6) is 2.81. The van der Waals surface area contributed by atoms with Crippen LogP contribution in [0.25, 0.3) is 0 Å². The Morgan fingerprint density at radius 3 is 2.72 bits per heavy atom. The summed E-state index contributed by atoms with van der Waals surface area (Å²) in [4.78, 5) is 11.3.